The number of hydrogen-bond donors (Lipinski definition) is 1. The van der Waals surface area contributed by atoms with E-state index >= 15 is 0 Å². The molecule has 2 nitrogen and oxygen atoms in total. The summed E-state index contributed by atoms with van der Waals surface area (Å²) in [7, 11) is 0. The van der Waals surface area contributed by atoms with Gasteiger partial charge in [0.25, 0.3) is 0 Å². The molecule has 2 rings (SSSR count). The Morgan fingerprint density at radius 2 is 1.81 bits per heavy atom. The van der Waals surface area contributed by atoms with Gasteiger partial charge in [-0.2, -0.15) is 30.5 Å². The Balaban J connectivity index is 0.00000128. The third-order valence-electron chi connectivity index (χ3n) is 2.08. The zero-order valence-electron chi connectivity index (χ0n) is 8.48. The van der Waals surface area contributed by atoms with Crippen molar-refractivity contribution in [1.29, 1.82) is 0 Å². The van der Waals surface area contributed by atoms with E-state index in [1.165, 1.54) is 0 Å². The van der Waals surface area contributed by atoms with Crippen LogP contribution in [0.5, 0.6) is 0 Å². The molecule has 16 heavy (non-hydrogen) atoms. The summed E-state index contributed by atoms with van der Waals surface area (Å²) in [6.45, 7) is 0. The fourth-order valence-corrected chi connectivity index (χ4v) is 1.34. The van der Waals surface area contributed by atoms with E-state index in [1.807, 2.05) is 48.5 Å². The molecule has 3 heteroatoms. The molecule has 0 aliphatic carbocycles. The second-order valence-corrected chi connectivity index (χ2v) is 3.12. The molecule has 2 aromatic carbocycles. The van der Waals surface area contributed by atoms with E-state index in [-0.39, 0.29) is 20.1 Å². The van der Waals surface area contributed by atoms with Crippen molar-refractivity contribution in [2.24, 2.45) is 0 Å². The smallest absolute Gasteiger partial charge is 0.0421 e. The van der Waals surface area contributed by atoms with Crippen molar-refractivity contribution in [3.05, 3.63) is 65.6 Å². The molecule has 0 saturated carbocycles. The van der Waals surface area contributed by atoms with Gasteiger partial charge >= 0.3 is 0 Å². The predicted octanol–water partition coefficient (Wildman–Crippen LogP) is 3.22. The van der Waals surface area contributed by atoms with Crippen LogP contribution < -0.4 is 5.32 Å². The third kappa shape index (κ3) is 3.02. The maximum Gasteiger partial charge on any atom is 0.0421 e. The monoisotopic (exact) mass is 387 g/mol. The van der Waals surface area contributed by atoms with Gasteiger partial charge in [-0.1, -0.05) is 23.9 Å². The Labute approximate surface area is 109 Å². The largest absolute Gasteiger partial charge is 0.810 e. The minimum absolute atomic E-state index is 0. The van der Waals surface area contributed by atoms with Gasteiger partial charge in [0, 0.05) is 25.8 Å². The number of nitrogens with one attached hydrogen (secondary N) is 1. The van der Waals surface area contributed by atoms with E-state index in [2.05, 4.69) is 11.4 Å². The summed E-state index contributed by atoms with van der Waals surface area (Å²) in [5.74, 6) is 0. The molecule has 0 bridgehead atoms. The molecule has 0 aromatic heterocycles. The van der Waals surface area contributed by atoms with Gasteiger partial charge in [-0.05, 0) is 11.6 Å². The SMILES string of the molecule is [Ir].[N-]=Cc1ccccc1Nc1[c-]cccc1. The van der Waals surface area contributed by atoms with Crippen LogP contribution in [0.3, 0.4) is 0 Å². The van der Waals surface area contributed by atoms with Crippen LogP contribution >= 0.6 is 0 Å². The Morgan fingerprint density at radius 1 is 1.06 bits per heavy atom. The second kappa shape index (κ2) is 6.21. The van der Waals surface area contributed by atoms with Gasteiger partial charge in [0.05, 0.1) is 0 Å². The first-order valence-corrected chi connectivity index (χ1v) is 4.70. The molecule has 0 spiro atoms. The van der Waals surface area contributed by atoms with Crippen LogP contribution in [0.15, 0.2) is 48.5 Å². The van der Waals surface area contributed by atoms with Crippen LogP contribution in [0, 0.1) is 6.07 Å². The minimum atomic E-state index is 0. The number of hydrogen-bond acceptors (Lipinski definition) is 1. The average molecular weight is 386 g/mol. The zero-order chi connectivity index (χ0) is 10.5. The first-order valence-electron chi connectivity index (χ1n) is 4.70. The molecule has 83 valence electrons. The summed E-state index contributed by atoms with van der Waals surface area (Å²) >= 11 is 0. The van der Waals surface area contributed by atoms with Crippen molar-refractivity contribution in [3.63, 3.8) is 0 Å². The fraction of sp³-hybridized carbons (Fsp3) is 0. The molecule has 1 N–H and O–H groups in total. The van der Waals surface area contributed by atoms with Gasteiger partial charge in [0.1, 0.15) is 0 Å². The van der Waals surface area contributed by atoms with Crippen molar-refractivity contribution >= 4 is 17.6 Å². The Hall–Kier alpha value is -1.44. The molecular formula is C13H10IrN2-2. The first-order chi connectivity index (χ1) is 7.40. The molecule has 0 fully saturated rings. The molecule has 2 aromatic rings. The van der Waals surface area contributed by atoms with E-state index < -0.39 is 0 Å². The Morgan fingerprint density at radius 3 is 2.50 bits per heavy atom. The zero-order valence-corrected chi connectivity index (χ0v) is 10.9. The Kier molecular flexibility index (Phi) is 4.90. The third-order valence-corrected chi connectivity index (χ3v) is 2.08. The number of rotatable bonds is 3. The molecule has 0 aliphatic rings. The minimum Gasteiger partial charge on any atom is -0.810 e. The van der Waals surface area contributed by atoms with Crippen LogP contribution in [0.4, 0.5) is 11.4 Å². The van der Waals surface area contributed by atoms with Crippen molar-refractivity contribution in [2.75, 3.05) is 5.32 Å². The molecule has 0 atom stereocenters. The van der Waals surface area contributed by atoms with Crippen LogP contribution in [0.1, 0.15) is 5.56 Å². The normalized spacial score (nSPS) is 9.00. The molecule has 0 aliphatic heterocycles. The maximum absolute atomic E-state index is 9.02. The summed E-state index contributed by atoms with van der Waals surface area (Å²) in [6.07, 6.45) is 1.09. The second-order valence-electron chi connectivity index (χ2n) is 3.12. The van der Waals surface area contributed by atoms with Crippen LogP contribution in [0.25, 0.3) is 5.41 Å². The molecule has 0 amide bonds. The predicted molar refractivity (Wildman–Crippen MR) is 63.5 cm³/mol. The van der Waals surface area contributed by atoms with Crippen LogP contribution in [0.2, 0.25) is 0 Å². The van der Waals surface area contributed by atoms with Gasteiger partial charge in [0.2, 0.25) is 0 Å². The van der Waals surface area contributed by atoms with E-state index in [9.17, 15) is 0 Å². The maximum atomic E-state index is 9.02. The number of para-hydroxylation sites is 2. The molecule has 0 unspecified atom stereocenters. The first kappa shape index (κ1) is 12.6. The average Bonchev–Trinajstić information content (AvgIpc) is 2.31. The van der Waals surface area contributed by atoms with E-state index in [1.54, 1.807) is 0 Å². The summed E-state index contributed by atoms with van der Waals surface area (Å²) < 4.78 is 0. The summed E-state index contributed by atoms with van der Waals surface area (Å²) in [6, 6.07) is 18.2. The topological polar surface area (TPSA) is 34.3 Å². The van der Waals surface area contributed by atoms with Crippen molar-refractivity contribution in [2.45, 2.75) is 0 Å². The van der Waals surface area contributed by atoms with Gasteiger partial charge in [0.15, 0.2) is 0 Å². The quantitative estimate of drug-likeness (QED) is 0.638. The van der Waals surface area contributed by atoms with Crippen molar-refractivity contribution < 1.29 is 20.1 Å². The summed E-state index contributed by atoms with van der Waals surface area (Å²) in [4.78, 5) is 0. The molecule has 1 radical (unpaired) electrons. The van der Waals surface area contributed by atoms with Gasteiger partial charge in [-0.3, -0.25) is 0 Å². The fourth-order valence-electron chi connectivity index (χ4n) is 1.34. The molecular weight excluding hydrogens is 376 g/mol. The van der Waals surface area contributed by atoms with Crippen molar-refractivity contribution in [3.8, 4) is 0 Å². The number of nitrogens with zero attached hydrogens (tertiary/aromatic N) is 1. The van der Waals surface area contributed by atoms with Gasteiger partial charge in [-0.25, -0.2) is 0 Å². The summed E-state index contributed by atoms with van der Waals surface area (Å²) in [5.41, 5.74) is 2.50. The van der Waals surface area contributed by atoms with Crippen molar-refractivity contribution in [1.82, 2.24) is 0 Å². The summed E-state index contributed by atoms with van der Waals surface area (Å²) in [5, 5.41) is 12.2. The Bertz CT molecular complexity index is 454. The molecule has 0 saturated heterocycles. The number of benzene rings is 2. The van der Waals surface area contributed by atoms with Gasteiger partial charge < -0.3 is 10.7 Å². The standard InChI is InChI=1S/C13H10N2.Ir/c14-10-11-6-4-5-9-13(11)15-12-7-2-1-3-8-12;/h1-7,9-10,15H;/q-2;. The van der Waals surface area contributed by atoms with E-state index in [0.29, 0.717) is 0 Å². The van der Waals surface area contributed by atoms with E-state index in [4.69, 9.17) is 5.41 Å². The van der Waals surface area contributed by atoms with Gasteiger partial charge in [-0.15, -0.1) is 6.07 Å². The van der Waals surface area contributed by atoms with Crippen LogP contribution in [-0.4, -0.2) is 6.21 Å². The number of anilines is 2. The van der Waals surface area contributed by atoms with E-state index in [0.717, 1.165) is 23.2 Å². The van der Waals surface area contributed by atoms with Crippen LogP contribution in [-0.2, 0) is 20.1 Å². The molecule has 0 heterocycles.